The molecule has 5 aromatic rings. The molecule has 2 heterocycles. The highest BCUT2D eigenvalue weighted by Gasteiger charge is 2.06. The van der Waals surface area contributed by atoms with Crippen molar-refractivity contribution in [2.75, 3.05) is 5.43 Å². The molecule has 0 radical (unpaired) electrons. The Balaban J connectivity index is 1.63. The smallest absolute Gasteiger partial charge is 0.222 e. The molecule has 0 atom stereocenters. The van der Waals surface area contributed by atoms with Crippen LogP contribution in [0.5, 0.6) is 0 Å². The number of fused-ring (bicyclic) bond motifs is 2. The molecule has 0 aliphatic rings. The summed E-state index contributed by atoms with van der Waals surface area (Å²) >= 11 is 0. The van der Waals surface area contributed by atoms with E-state index in [0.717, 1.165) is 38.7 Å². The van der Waals surface area contributed by atoms with Crippen LogP contribution < -0.4 is 10.8 Å². The summed E-state index contributed by atoms with van der Waals surface area (Å²) < 4.78 is 6.08. The summed E-state index contributed by atoms with van der Waals surface area (Å²) in [6, 6.07) is 27.7. The third kappa shape index (κ3) is 2.95. The lowest BCUT2D eigenvalue weighted by atomic mass is 10.1. The van der Waals surface area contributed by atoms with Gasteiger partial charge in [0.2, 0.25) is 5.95 Å². The first kappa shape index (κ1) is 15.4. The highest BCUT2D eigenvalue weighted by Crippen LogP contribution is 2.21. The van der Waals surface area contributed by atoms with Crippen molar-refractivity contribution in [3.05, 3.63) is 90.3 Å². The molecule has 2 aromatic heterocycles. The molecular formula is C22H16N4O. The fourth-order valence-electron chi connectivity index (χ4n) is 3.07. The van der Waals surface area contributed by atoms with E-state index in [1.54, 1.807) is 0 Å². The number of anilines is 1. The summed E-state index contributed by atoms with van der Waals surface area (Å²) in [5, 5.41) is 6.30. The lowest BCUT2D eigenvalue weighted by molar-refractivity contribution is 0.618. The molecule has 0 bridgehead atoms. The number of H-pyrrole nitrogens is 1. The van der Waals surface area contributed by atoms with Gasteiger partial charge in [0.25, 0.3) is 0 Å². The maximum absolute atomic E-state index is 6.08. The zero-order chi connectivity index (χ0) is 18.1. The van der Waals surface area contributed by atoms with Crippen molar-refractivity contribution < 1.29 is 4.42 Å². The van der Waals surface area contributed by atoms with Crippen molar-refractivity contribution in [2.45, 2.75) is 0 Å². The van der Waals surface area contributed by atoms with Crippen LogP contribution in [0.25, 0.3) is 33.3 Å². The summed E-state index contributed by atoms with van der Waals surface area (Å²) in [6.45, 7) is 0. The molecule has 0 unspecified atom stereocenters. The molecule has 3 aromatic carbocycles. The fourth-order valence-corrected chi connectivity index (χ4v) is 3.07. The van der Waals surface area contributed by atoms with Crippen LogP contribution in [0, 0.1) is 0 Å². The van der Waals surface area contributed by atoms with Crippen molar-refractivity contribution in [2.24, 2.45) is 5.10 Å². The Bertz CT molecular complexity index is 1270. The average molecular weight is 352 g/mol. The van der Waals surface area contributed by atoms with Crippen molar-refractivity contribution in [3.63, 3.8) is 0 Å². The first-order valence-electron chi connectivity index (χ1n) is 8.70. The average Bonchev–Trinajstić information content (AvgIpc) is 3.15. The Morgan fingerprint density at radius 1 is 0.852 bits per heavy atom. The quantitative estimate of drug-likeness (QED) is 0.454. The van der Waals surface area contributed by atoms with E-state index >= 15 is 0 Å². The fraction of sp³-hybridized carbons (Fsp3) is 0. The van der Waals surface area contributed by atoms with Gasteiger partial charge < -0.3 is 9.40 Å². The number of aromatic amines is 1. The lowest BCUT2D eigenvalue weighted by Gasteiger charge is -2.04. The molecule has 5 nitrogen and oxygen atoms in total. The van der Waals surface area contributed by atoms with Crippen LogP contribution in [0.2, 0.25) is 0 Å². The standard InChI is InChI=1S/C22H16N4O/c1-2-8-15(9-3-1)21-14-19(16-10-4-7-13-20(16)27-21)25-26-22-23-17-11-5-6-12-18(17)24-22/h1-14H,(H2,23,24,26). The van der Waals surface area contributed by atoms with Gasteiger partial charge in [-0.25, -0.2) is 10.4 Å². The topological polar surface area (TPSA) is 66.2 Å². The number of hydrogen-bond donors (Lipinski definition) is 2. The summed E-state index contributed by atoms with van der Waals surface area (Å²) in [7, 11) is 0. The van der Waals surface area contributed by atoms with Gasteiger partial charge in [0, 0.05) is 17.0 Å². The van der Waals surface area contributed by atoms with E-state index in [9.17, 15) is 0 Å². The maximum Gasteiger partial charge on any atom is 0.222 e. The number of hydrogen-bond acceptors (Lipinski definition) is 4. The van der Waals surface area contributed by atoms with Gasteiger partial charge in [-0.05, 0) is 24.3 Å². The molecule has 130 valence electrons. The van der Waals surface area contributed by atoms with E-state index in [1.807, 2.05) is 84.9 Å². The highest BCUT2D eigenvalue weighted by atomic mass is 16.3. The molecule has 5 heteroatoms. The van der Waals surface area contributed by atoms with Crippen molar-refractivity contribution in [1.82, 2.24) is 9.97 Å². The second-order valence-corrected chi connectivity index (χ2v) is 6.18. The Morgan fingerprint density at radius 3 is 2.52 bits per heavy atom. The summed E-state index contributed by atoms with van der Waals surface area (Å²) in [6.07, 6.45) is 0. The maximum atomic E-state index is 6.08. The van der Waals surface area contributed by atoms with Crippen LogP contribution in [-0.2, 0) is 0 Å². The predicted molar refractivity (Wildman–Crippen MR) is 107 cm³/mol. The number of nitrogens with zero attached hydrogens (tertiary/aromatic N) is 2. The molecule has 0 aliphatic heterocycles. The minimum absolute atomic E-state index is 0.599. The van der Waals surface area contributed by atoms with Crippen LogP contribution in [0.15, 0.2) is 94.4 Å². The zero-order valence-electron chi connectivity index (χ0n) is 14.4. The van der Waals surface area contributed by atoms with Gasteiger partial charge in [0.05, 0.1) is 16.4 Å². The number of para-hydroxylation sites is 3. The van der Waals surface area contributed by atoms with E-state index in [2.05, 4.69) is 20.5 Å². The molecule has 0 saturated heterocycles. The van der Waals surface area contributed by atoms with Gasteiger partial charge in [0.15, 0.2) is 0 Å². The van der Waals surface area contributed by atoms with Crippen LogP contribution in [0.3, 0.4) is 0 Å². The zero-order valence-corrected chi connectivity index (χ0v) is 14.4. The molecule has 0 amide bonds. The van der Waals surface area contributed by atoms with E-state index in [1.165, 1.54) is 0 Å². The van der Waals surface area contributed by atoms with Crippen LogP contribution >= 0.6 is 0 Å². The highest BCUT2D eigenvalue weighted by molar-refractivity contribution is 5.79. The van der Waals surface area contributed by atoms with Gasteiger partial charge >= 0.3 is 0 Å². The third-order valence-electron chi connectivity index (χ3n) is 4.38. The van der Waals surface area contributed by atoms with Crippen LogP contribution in [0.4, 0.5) is 5.95 Å². The SMILES string of the molecule is c1ccc(-c2cc(=NNc3nc4ccccc4[nH]3)c3ccccc3o2)cc1. The summed E-state index contributed by atoms with van der Waals surface area (Å²) in [5.74, 6) is 1.36. The minimum Gasteiger partial charge on any atom is -0.456 e. The van der Waals surface area contributed by atoms with Gasteiger partial charge in [-0.1, -0.05) is 54.6 Å². The minimum atomic E-state index is 0.599. The Labute approximate surface area is 155 Å². The Hall–Kier alpha value is -3.86. The lowest BCUT2D eigenvalue weighted by Crippen LogP contribution is -2.07. The first-order valence-corrected chi connectivity index (χ1v) is 8.70. The second kappa shape index (κ2) is 6.46. The number of benzene rings is 3. The van der Waals surface area contributed by atoms with Gasteiger partial charge in [-0.15, -0.1) is 0 Å². The van der Waals surface area contributed by atoms with E-state index in [0.29, 0.717) is 5.95 Å². The number of aromatic nitrogens is 2. The van der Waals surface area contributed by atoms with Crippen LogP contribution in [0.1, 0.15) is 0 Å². The molecule has 0 saturated carbocycles. The van der Waals surface area contributed by atoms with Gasteiger partial charge in [-0.2, -0.15) is 5.10 Å². The molecule has 0 fully saturated rings. The molecule has 2 N–H and O–H groups in total. The summed E-state index contributed by atoms with van der Waals surface area (Å²) in [5.41, 5.74) is 6.68. The second-order valence-electron chi connectivity index (χ2n) is 6.18. The molecule has 0 spiro atoms. The van der Waals surface area contributed by atoms with Crippen molar-refractivity contribution in [3.8, 4) is 11.3 Å². The normalized spacial score (nSPS) is 11.9. The Morgan fingerprint density at radius 2 is 1.63 bits per heavy atom. The van der Waals surface area contributed by atoms with Crippen molar-refractivity contribution >= 4 is 28.0 Å². The molecule has 0 aliphatic carbocycles. The van der Waals surface area contributed by atoms with Gasteiger partial charge in [-0.3, -0.25) is 0 Å². The van der Waals surface area contributed by atoms with E-state index in [-0.39, 0.29) is 0 Å². The third-order valence-corrected chi connectivity index (χ3v) is 4.38. The predicted octanol–water partition coefficient (Wildman–Crippen LogP) is 4.90. The molecule has 27 heavy (non-hydrogen) atoms. The largest absolute Gasteiger partial charge is 0.456 e. The Kier molecular flexibility index (Phi) is 3.68. The first-order chi connectivity index (χ1) is 13.4. The van der Waals surface area contributed by atoms with Gasteiger partial charge in [0.1, 0.15) is 11.3 Å². The monoisotopic (exact) mass is 352 g/mol. The molecule has 5 rings (SSSR count). The number of rotatable bonds is 3. The van der Waals surface area contributed by atoms with E-state index in [4.69, 9.17) is 4.42 Å². The summed E-state index contributed by atoms with van der Waals surface area (Å²) in [4.78, 5) is 7.73. The number of nitrogens with one attached hydrogen (secondary N) is 2. The molecular weight excluding hydrogens is 336 g/mol. The van der Waals surface area contributed by atoms with Crippen LogP contribution in [-0.4, -0.2) is 9.97 Å². The van der Waals surface area contributed by atoms with E-state index < -0.39 is 0 Å². The van der Waals surface area contributed by atoms with Crippen molar-refractivity contribution in [1.29, 1.82) is 0 Å². The number of imidazole rings is 1.